The number of carbonyl (C=O) groups is 2. The molecule has 6 heteroatoms. The van der Waals surface area contributed by atoms with Crippen LogP contribution in [-0.2, 0) is 19.5 Å². The van der Waals surface area contributed by atoms with Crippen molar-refractivity contribution >= 4 is 11.8 Å². The molecule has 0 fully saturated rings. The van der Waals surface area contributed by atoms with E-state index >= 15 is 0 Å². The highest BCUT2D eigenvalue weighted by atomic mass is 16.2. The van der Waals surface area contributed by atoms with Gasteiger partial charge in [-0.3, -0.25) is 9.59 Å². The maximum absolute atomic E-state index is 13.3. The molecule has 1 aromatic heterocycles. The summed E-state index contributed by atoms with van der Waals surface area (Å²) in [7, 11) is 0. The molecule has 0 radical (unpaired) electrons. The topological polar surface area (TPSA) is 67.2 Å². The Balaban J connectivity index is 1.81. The predicted octanol–water partition coefficient (Wildman–Crippen LogP) is 3.80. The standard InChI is InChI=1S/C23H32N4O2/c1-3-5-10-15-24-22(28)21-25-20(19-14-9-11-16-27(19)21)23(29)26(4-2)17-18-12-7-6-8-13-18/h6-8,12-13H,3-5,9-11,14-17H2,1-2H3,(H,24,28). The SMILES string of the molecule is CCCCCNC(=O)c1nc(C(=O)N(CC)Cc2ccccc2)c2n1CCCC2. The van der Waals surface area contributed by atoms with E-state index in [4.69, 9.17) is 0 Å². The summed E-state index contributed by atoms with van der Waals surface area (Å²) in [5, 5.41) is 2.97. The van der Waals surface area contributed by atoms with Crippen LogP contribution in [0.4, 0.5) is 0 Å². The summed E-state index contributed by atoms with van der Waals surface area (Å²) in [6.45, 7) is 6.65. The van der Waals surface area contributed by atoms with E-state index < -0.39 is 0 Å². The molecule has 6 nitrogen and oxygen atoms in total. The second kappa shape index (κ2) is 10.2. The zero-order chi connectivity index (χ0) is 20.6. The molecule has 1 N–H and O–H groups in total. The number of hydrogen-bond acceptors (Lipinski definition) is 3. The Morgan fingerprint density at radius 1 is 1.14 bits per heavy atom. The zero-order valence-corrected chi connectivity index (χ0v) is 17.6. The number of imidazole rings is 1. The highest BCUT2D eigenvalue weighted by Crippen LogP contribution is 2.23. The van der Waals surface area contributed by atoms with Crippen LogP contribution in [0.25, 0.3) is 0 Å². The van der Waals surface area contributed by atoms with Gasteiger partial charge in [0.2, 0.25) is 0 Å². The van der Waals surface area contributed by atoms with Crippen molar-refractivity contribution in [2.24, 2.45) is 0 Å². The summed E-state index contributed by atoms with van der Waals surface area (Å²) in [6, 6.07) is 9.97. The molecule has 0 saturated carbocycles. The highest BCUT2D eigenvalue weighted by molar-refractivity contribution is 5.97. The van der Waals surface area contributed by atoms with E-state index in [1.807, 2.05) is 41.8 Å². The number of nitrogens with zero attached hydrogens (tertiary/aromatic N) is 3. The van der Waals surface area contributed by atoms with E-state index in [0.717, 1.165) is 56.3 Å². The first-order valence-electron chi connectivity index (χ1n) is 10.9. The fourth-order valence-electron chi connectivity index (χ4n) is 3.82. The van der Waals surface area contributed by atoms with E-state index in [-0.39, 0.29) is 11.8 Å². The molecule has 0 bridgehead atoms. The smallest absolute Gasteiger partial charge is 0.287 e. The number of benzene rings is 1. The largest absolute Gasteiger partial charge is 0.349 e. The molecular formula is C23H32N4O2. The number of nitrogens with one attached hydrogen (secondary N) is 1. The lowest BCUT2D eigenvalue weighted by molar-refractivity contribution is 0.0745. The average molecular weight is 397 g/mol. The van der Waals surface area contributed by atoms with E-state index in [1.54, 1.807) is 4.90 Å². The van der Waals surface area contributed by atoms with Gasteiger partial charge in [0.1, 0.15) is 5.69 Å². The van der Waals surface area contributed by atoms with Crippen molar-refractivity contribution in [1.82, 2.24) is 19.8 Å². The molecular weight excluding hydrogens is 364 g/mol. The lowest BCUT2D eigenvalue weighted by atomic mass is 10.1. The molecule has 1 aliphatic rings. The minimum atomic E-state index is -0.172. The summed E-state index contributed by atoms with van der Waals surface area (Å²) in [5.74, 6) is 0.122. The van der Waals surface area contributed by atoms with E-state index in [0.29, 0.717) is 31.2 Å². The normalized spacial score (nSPS) is 13.0. The zero-order valence-electron chi connectivity index (χ0n) is 17.6. The summed E-state index contributed by atoms with van der Waals surface area (Å²) >= 11 is 0. The maximum atomic E-state index is 13.3. The van der Waals surface area contributed by atoms with Gasteiger partial charge in [0, 0.05) is 26.2 Å². The Bertz CT molecular complexity index is 829. The molecule has 0 atom stereocenters. The summed E-state index contributed by atoms with van der Waals surface area (Å²) in [4.78, 5) is 32.4. The monoisotopic (exact) mass is 396 g/mol. The average Bonchev–Trinajstić information content (AvgIpc) is 3.15. The molecule has 156 valence electrons. The Labute approximate surface area is 173 Å². The second-order valence-electron chi connectivity index (χ2n) is 7.61. The summed E-state index contributed by atoms with van der Waals surface area (Å²) < 4.78 is 1.96. The van der Waals surface area contributed by atoms with Crippen LogP contribution in [0, 0.1) is 0 Å². The van der Waals surface area contributed by atoms with Gasteiger partial charge in [-0.05, 0) is 38.2 Å². The lowest BCUT2D eigenvalue weighted by Crippen LogP contribution is -2.31. The third-order valence-corrected chi connectivity index (χ3v) is 5.47. The van der Waals surface area contributed by atoms with Gasteiger partial charge in [0.25, 0.3) is 11.8 Å². The predicted molar refractivity (Wildman–Crippen MR) is 114 cm³/mol. The van der Waals surface area contributed by atoms with E-state index in [1.165, 1.54) is 0 Å². The molecule has 0 spiro atoms. The van der Waals surface area contributed by atoms with Crippen LogP contribution in [-0.4, -0.2) is 39.4 Å². The molecule has 1 aliphatic heterocycles. The number of carbonyl (C=O) groups excluding carboxylic acids is 2. The Morgan fingerprint density at radius 2 is 1.93 bits per heavy atom. The number of aromatic nitrogens is 2. The lowest BCUT2D eigenvalue weighted by Gasteiger charge is -2.22. The van der Waals surface area contributed by atoms with Crippen LogP contribution in [0.15, 0.2) is 30.3 Å². The number of amides is 2. The molecule has 0 unspecified atom stereocenters. The highest BCUT2D eigenvalue weighted by Gasteiger charge is 2.29. The van der Waals surface area contributed by atoms with Gasteiger partial charge < -0.3 is 14.8 Å². The quantitative estimate of drug-likeness (QED) is 0.656. The van der Waals surface area contributed by atoms with Crippen LogP contribution in [0.2, 0.25) is 0 Å². The molecule has 0 aliphatic carbocycles. The van der Waals surface area contributed by atoms with Crippen LogP contribution in [0.5, 0.6) is 0 Å². The van der Waals surface area contributed by atoms with Gasteiger partial charge in [0.15, 0.2) is 5.82 Å². The molecule has 0 saturated heterocycles. The van der Waals surface area contributed by atoms with Gasteiger partial charge in [-0.25, -0.2) is 4.98 Å². The van der Waals surface area contributed by atoms with Gasteiger partial charge in [-0.1, -0.05) is 50.1 Å². The Kier molecular flexibility index (Phi) is 7.44. The summed E-state index contributed by atoms with van der Waals surface area (Å²) in [5.41, 5.74) is 2.44. The minimum Gasteiger partial charge on any atom is -0.349 e. The number of fused-ring (bicyclic) bond motifs is 1. The Morgan fingerprint density at radius 3 is 2.66 bits per heavy atom. The molecule has 1 aromatic carbocycles. The molecule has 2 aromatic rings. The van der Waals surface area contributed by atoms with E-state index in [2.05, 4.69) is 17.2 Å². The fraction of sp³-hybridized carbons (Fsp3) is 0.522. The first kappa shape index (κ1) is 21.1. The summed E-state index contributed by atoms with van der Waals surface area (Å²) in [6.07, 6.45) is 5.99. The maximum Gasteiger partial charge on any atom is 0.287 e. The first-order chi connectivity index (χ1) is 14.2. The van der Waals surface area contributed by atoms with Crippen LogP contribution < -0.4 is 5.32 Å². The minimum absolute atomic E-state index is 0.0907. The van der Waals surface area contributed by atoms with Gasteiger partial charge in [-0.15, -0.1) is 0 Å². The van der Waals surface area contributed by atoms with Crippen LogP contribution in [0.3, 0.4) is 0 Å². The van der Waals surface area contributed by atoms with Crippen molar-refractivity contribution in [3.05, 3.63) is 53.1 Å². The third kappa shape index (κ3) is 5.05. The number of hydrogen-bond donors (Lipinski definition) is 1. The van der Waals surface area contributed by atoms with Crippen LogP contribution in [0.1, 0.15) is 78.3 Å². The van der Waals surface area contributed by atoms with Crippen molar-refractivity contribution in [1.29, 1.82) is 0 Å². The van der Waals surface area contributed by atoms with Crippen molar-refractivity contribution < 1.29 is 9.59 Å². The van der Waals surface area contributed by atoms with Crippen molar-refractivity contribution in [2.45, 2.75) is 65.5 Å². The van der Waals surface area contributed by atoms with E-state index in [9.17, 15) is 9.59 Å². The number of rotatable bonds is 9. The third-order valence-electron chi connectivity index (χ3n) is 5.47. The second-order valence-corrected chi connectivity index (χ2v) is 7.61. The number of unbranched alkanes of at least 4 members (excludes halogenated alkanes) is 2. The van der Waals surface area contributed by atoms with Crippen molar-refractivity contribution in [3.63, 3.8) is 0 Å². The van der Waals surface area contributed by atoms with Crippen LogP contribution >= 0.6 is 0 Å². The first-order valence-corrected chi connectivity index (χ1v) is 10.9. The molecule has 29 heavy (non-hydrogen) atoms. The van der Waals surface area contributed by atoms with Gasteiger partial charge in [0.05, 0.1) is 5.69 Å². The Hall–Kier alpha value is -2.63. The van der Waals surface area contributed by atoms with Gasteiger partial charge >= 0.3 is 0 Å². The van der Waals surface area contributed by atoms with Crippen molar-refractivity contribution in [2.75, 3.05) is 13.1 Å². The van der Waals surface area contributed by atoms with Crippen molar-refractivity contribution in [3.8, 4) is 0 Å². The van der Waals surface area contributed by atoms with Gasteiger partial charge in [-0.2, -0.15) is 0 Å². The molecule has 2 amide bonds. The molecule has 2 heterocycles. The molecule has 3 rings (SSSR count). The fourth-order valence-corrected chi connectivity index (χ4v) is 3.82.